The number of benzene rings is 2. The molecule has 0 aliphatic carbocycles. The van der Waals surface area contributed by atoms with Crippen LogP contribution >= 0.6 is 0 Å². The SMILES string of the molecule is COc1ccc2c(c1)c(C#N)cn2-c1ccccc1. The van der Waals surface area contributed by atoms with Crippen molar-refractivity contribution in [2.24, 2.45) is 0 Å². The molecule has 2 aromatic carbocycles. The lowest BCUT2D eigenvalue weighted by Gasteiger charge is -2.05. The molecule has 3 heteroatoms. The molecule has 0 spiro atoms. The molecule has 1 aromatic heterocycles. The number of hydrogen-bond donors (Lipinski definition) is 0. The molecular formula is C16H12N2O. The summed E-state index contributed by atoms with van der Waals surface area (Å²) in [5.41, 5.74) is 2.69. The van der Waals surface area contributed by atoms with E-state index in [4.69, 9.17) is 4.74 Å². The Bertz CT molecular complexity index is 767. The van der Waals surface area contributed by atoms with Gasteiger partial charge >= 0.3 is 0 Å². The highest BCUT2D eigenvalue weighted by atomic mass is 16.5. The Hall–Kier alpha value is -2.73. The van der Waals surface area contributed by atoms with Gasteiger partial charge in [0, 0.05) is 17.3 Å². The molecule has 0 amide bonds. The van der Waals surface area contributed by atoms with E-state index in [2.05, 4.69) is 6.07 Å². The van der Waals surface area contributed by atoms with Gasteiger partial charge in [-0.25, -0.2) is 0 Å². The summed E-state index contributed by atoms with van der Waals surface area (Å²) in [4.78, 5) is 0. The number of para-hydroxylation sites is 1. The average Bonchev–Trinajstić information content (AvgIpc) is 2.86. The van der Waals surface area contributed by atoms with Crippen molar-refractivity contribution in [3.05, 3.63) is 60.3 Å². The number of nitrogens with zero attached hydrogens (tertiary/aromatic N) is 2. The molecule has 19 heavy (non-hydrogen) atoms. The van der Waals surface area contributed by atoms with Crippen molar-refractivity contribution < 1.29 is 4.74 Å². The third kappa shape index (κ3) is 1.84. The minimum absolute atomic E-state index is 0.651. The van der Waals surface area contributed by atoms with Gasteiger partial charge in [-0.2, -0.15) is 5.26 Å². The number of ether oxygens (including phenoxy) is 1. The van der Waals surface area contributed by atoms with Crippen molar-refractivity contribution in [3.8, 4) is 17.5 Å². The topological polar surface area (TPSA) is 37.9 Å². The molecule has 1 heterocycles. The lowest BCUT2D eigenvalue weighted by Crippen LogP contribution is -1.90. The molecule has 3 aromatic rings. The van der Waals surface area contributed by atoms with E-state index in [0.29, 0.717) is 5.56 Å². The summed E-state index contributed by atoms with van der Waals surface area (Å²) in [6.07, 6.45) is 1.86. The van der Waals surface area contributed by atoms with Gasteiger partial charge in [0.1, 0.15) is 11.8 Å². The second-order valence-electron chi connectivity index (χ2n) is 4.24. The van der Waals surface area contributed by atoms with Crippen molar-refractivity contribution >= 4 is 10.9 Å². The molecule has 0 saturated heterocycles. The van der Waals surface area contributed by atoms with Gasteiger partial charge in [-0.1, -0.05) is 18.2 Å². The van der Waals surface area contributed by atoms with Crippen LogP contribution in [0.2, 0.25) is 0 Å². The van der Waals surface area contributed by atoms with E-state index >= 15 is 0 Å². The summed E-state index contributed by atoms with van der Waals surface area (Å²) < 4.78 is 7.24. The zero-order chi connectivity index (χ0) is 13.2. The third-order valence-corrected chi connectivity index (χ3v) is 3.17. The van der Waals surface area contributed by atoms with E-state index in [1.54, 1.807) is 7.11 Å². The fraction of sp³-hybridized carbons (Fsp3) is 0.0625. The van der Waals surface area contributed by atoms with E-state index in [0.717, 1.165) is 22.3 Å². The van der Waals surface area contributed by atoms with Gasteiger partial charge < -0.3 is 9.30 Å². The van der Waals surface area contributed by atoms with Gasteiger partial charge in [0.05, 0.1) is 18.2 Å². The van der Waals surface area contributed by atoms with Crippen molar-refractivity contribution in [2.75, 3.05) is 7.11 Å². The number of rotatable bonds is 2. The quantitative estimate of drug-likeness (QED) is 0.696. The number of nitriles is 1. The summed E-state index contributed by atoms with van der Waals surface area (Å²) in [7, 11) is 1.63. The Morgan fingerprint density at radius 3 is 2.58 bits per heavy atom. The first-order valence-corrected chi connectivity index (χ1v) is 5.98. The van der Waals surface area contributed by atoms with Crippen molar-refractivity contribution in [2.45, 2.75) is 0 Å². The Morgan fingerprint density at radius 2 is 1.89 bits per heavy atom. The second kappa shape index (κ2) is 4.51. The molecule has 0 unspecified atom stereocenters. The standard InChI is InChI=1S/C16H12N2O/c1-19-14-7-8-16-15(9-14)12(10-17)11-18(16)13-5-3-2-4-6-13/h2-9,11H,1H3. The molecule has 0 saturated carbocycles. The van der Waals surface area contributed by atoms with E-state index < -0.39 is 0 Å². The fourth-order valence-corrected chi connectivity index (χ4v) is 2.23. The van der Waals surface area contributed by atoms with E-state index in [-0.39, 0.29) is 0 Å². The third-order valence-electron chi connectivity index (χ3n) is 3.17. The second-order valence-corrected chi connectivity index (χ2v) is 4.24. The summed E-state index contributed by atoms with van der Waals surface area (Å²) >= 11 is 0. The number of hydrogen-bond acceptors (Lipinski definition) is 2. The molecule has 0 aliphatic heterocycles. The molecule has 0 radical (unpaired) electrons. The van der Waals surface area contributed by atoms with Crippen LogP contribution in [-0.4, -0.2) is 11.7 Å². The first kappa shape index (κ1) is 11.4. The molecule has 3 rings (SSSR count). The summed E-state index contributed by atoms with van der Waals surface area (Å²) in [5.74, 6) is 0.759. The summed E-state index contributed by atoms with van der Waals surface area (Å²) in [5, 5.41) is 10.2. The number of aromatic nitrogens is 1. The van der Waals surface area contributed by atoms with Crippen LogP contribution in [0.1, 0.15) is 5.56 Å². The molecule has 0 atom stereocenters. The normalized spacial score (nSPS) is 10.3. The number of methoxy groups -OCH3 is 1. The fourth-order valence-electron chi connectivity index (χ4n) is 2.23. The van der Waals surface area contributed by atoms with Gasteiger partial charge in [0.2, 0.25) is 0 Å². The van der Waals surface area contributed by atoms with Gasteiger partial charge in [-0.3, -0.25) is 0 Å². The smallest absolute Gasteiger partial charge is 0.119 e. The first-order chi connectivity index (χ1) is 9.33. The maximum absolute atomic E-state index is 9.26. The minimum Gasteiger partial charge on any atom is -0.497 e. The maximum atomic E-state index is 9.26. The van der Waals surface area contributed by atoms with E-state index in [1.165, 1.54) is 0 Å². The molecular weight excluding hydrogens is 236 g/mol. The highest BCUT2D eigenvalue weighted by molar-refractivity contribution is 5.89. The van der Waals surface area contributed by atoms with Crippen LogP contribution < -0.4 is 4.74 Å². The molecule has 0 N–H and O–H groups in total. The van der Waals surface area contributed by atoms with E-state index in [1.807, 2.05) is 59.3 Å². The monoisotopic (exact) mass is 248 g/mol. The summed E-state index contributed by atoms with van der Waals surface area (Å²) in [6.45, 7) is 0. The molecule has 0 fully saturated rings. The van der Waals surface area contributed by atoms with Gasteiger partial charge in [0.25, 0.3) is 0 Å². The molecule has 92 valence electrons. The Kier molecular flexibility index (Phi) is 2.70. The van der Waals surface area contributed by atoms with Crippen LogP contribution in [-0.2, 0) is 0 Å². The van der Waals surface area contributed by atoms with Crippen LogP contribution in [0.5, 0.6) is 5.75 Å². The van der Waals surface area contributed by atoms with Gasteiger partial charge in [-0.05, 0) is 30.3 Å². The zero-order valence-corrected chi connectivity index (χ0v) is 10.5. The van der Waals surface area contributed by atoms with E-state index in [9.17, 15) is 5.26 Å². The lowest BCUT2D eigenvalue weighted by molar-refractivity contribution is 0.415. The molecule has 0 bridgehead atoms. The largest absolute Gasteiger partial charge is 0.497 e. The Balaban J connectivity index is 2.31. The Labute approximate surface area is 111 Å². The maximum Gasteiger partial charge on any atom is 0.119 e. The molecule has 3 nitrogen and oxygen atoms in total. The predicted molar refractivity (Wildman–Crippen MR) is 74.5 cm³/mol. The van der Waals surface area contributed by atoms with Crippen LogP contribution in [0, 0.1) is 11.3 Å². The highest BCUT2D eigenvalue weighted by Gasteiger charge is 2.10. The molecule has 0 aliphatic rings. The average molecular weight is 248 g/mol. The Morgan fingerprint density at radius 1 is 1.11 bits per heavy atom. The van der Waals surface area contributed by atoms with Crippen molar-refractivity contribution in [1.82, 2.24) is 4.57 Å². The van der Waals surface area contributed by atoms with Crippen molar-refractivity contribution in [3.63, 3.8) is 0 Å². The summed E-state index contributed by atoms with van der Waals surface area (Å²) in [6, 6.07) is 18.0. The highest BCUT2D eigenvalue weighted by Crippen LogP contribution is 2.27. The lowest BCUT2D eigenvalue weighted by atomic mass is 10.2. The van der Waals surface area contributed by atoms with Crippen LogP contribution in [0.25, 0.3) is 16.6 Å². The van der Waals surface area contributed by atoms with Gasteiger partial charge in [0.15, 0.2) is 0 Å². The van der Waals surface area contributed by atoms with Gasteiger partial charge in [-0.15, -0.1) is 0 Å². The number of fused-ring (bicyclic) bond motifs is 1. The van der Waals surface area contributed by atoms with Crippen LogP contribution in [0.15, 0.2) is 54.7 Å². The predicted octanol–water partition coefficient (Wildman–Crippen LogP) is 3.51. The minimum atomic E-state index is 0.651. The first-order valence-electron chi connectivity index (χ1n) is 5.98. The zero-order valence-electron chi connectivity index (χ0n) is 10.5. The van der Waals surface area contributed by atoms with Crippen molar-refractivity contribution in [1.29, 1.82) is 5.26 Å². The van der Waals surface area contributed by atoms with Crippen LogP contribution in [0.4, 0.5) is 0 Å². The van der Waals surface area contributed by atoms with Crippen LogP contribution in [0.3, 0.4) is 0 Å².